The number of anilines is 1. The predicted molar refractivity (Wildman–Crippen MR) is 125 cm³/mol. The average molecular weight is 444 g/mol. The van der Waals surface area contributed by atoms with Gasteiger partial charge < -0.3 is 14.8 Å². The third-order valence-corrected chi connectivity index (χ3v) is 6.95. The molecule has 168 valence electrons. The number of rotatable bonds is 9. The Morgan fingerprint density at radius 1 is 1.23 bits per heavy atom. The molecule has 0 saturated carbocycles. The van der Waals surface area contributed by atoms with Gasteiger partial charge in [0.2, 0.25) is 0 Å². The first kappa shape index (κ1) is 23.3. The zero-order chi connectivity index (χ0) is 22.4. The normalized spacial score (nSPS) is 16.3. The van der Waals surface area contributed by atoms with E-state index >= 15 is 0 Å². The van der Waals surface area contributed by atoms with Gasteiger partial charge in [0, 0.05) is 4.88 Å². The van der Waals surface area contributed by atoms with Gasteiger partial charge in [-0.1, -0.05) is 39.3 Å². The number of thiophene rings is 1. The quantitative estimate of drug-likeness (QED) is 0.485. The summed E-state index contributed by atoms with van der Waals surface area (Å²) in [5.74, 6) is 1.11. The van der Waals surface area contributed by atoms with E-state index in [1.807, 2.05) is 12.1 Å². The predicted octanol–water partition coefficient (Wildman–Crippen LogP) is 5.97. The standard InChI is InChI=1S/C25H33NO4S/c1-5-7-17(4)18-9-11-19(12-10-18)30-15-22(27)26-24-23(25(28)29-6-2)20-13-8-16(3)14-21(20)31-24/h9-12,16-17H,5-8,13-15H2,1-4H3,(H,26,27)/t16-,17-/m1/s1. The topological polar surface area (TPSA) is 64.6 Å². The first-order valence-corrected chi connectivity index (χ1v) is 12.1. The van der Waals surface area contributed by atoms with Gasteiger partial charge in [-0.25, -0.2) is 4.79 Å². The fourth-order valence-corrected chi connectivity index (χ4v) is 5.48. The Morgan fingerprint density at radius 3 is 2.65 bits per heavy atom. The van der Waals surface area contributed by atoms with E-state index in [0.717, 1.165) is 37.7 Å². The maximum Gasteiger partial charge on any atom is 0.341 e. The first-order valence-electron chi connectivity index (χ1n) is 11.3. The molecule has 2 atom stereocenters. The number of nitrogens with one attached hydrogen (secondary N) is 1. The van der Waals surface area contributed by atoms with Crippen molar-refractivity contribution in [2.24, 2.45) is 5.92 Å². The lowest BCUT2D eigenvalue weighted by Gasteiger charge is -2.18. The van der Waals surface area contributed by atoms with E-state index in [4.69, 9.17) is 9.47 Å². The molecule has 0 radical (unpaired) electrons. The molecule has 0 unspecified atom stereocenters. The van der Waals surface area contributed by atoms with Crippen LogP contribution < -0.4 is 10.1 Å². The van der Waals surface area contributed by atoms with Gasteiger partial charge in [0.05, 0.1) is 12.2 Å². The van der Waals surface area contributed by atoms with Crippen molar-refractivity contribution in [2.45, 2.75) is 65.7 Å². The molecule has 1 aliphatic rings. The summed E-state index contributed by atoms with van der Waals surface area (Å²) >= 11 is 1.49. The lowest BCUT2D eigenvalue weighted by atomic mass is 9.88. The van der Waals surface area contributed by atoms with Crippen LogP contribution in [0.15, 0.2) is 24.3 Å². The SMILES string of the molecule is CCC[C@@H](C)c1ccc(OCC(=O)Nc2sc3c(c2C(=O)OCC)CC[C@@H](C)C3)cc1. The van der Waals surface area contributed by atoms with Crippen LogP contribution in [0, 0.1) is 5.92 Å². The molecule has 0 bridgehead atoms. The molecule has 5 nitrogen and oxygen atoms in total. The Bertz CT molecular complexity index is 903. The van der Waals surface area contributed by atoms with Crippen LogP contribution in [0.5, 0.6) is 5.75 Å². The number of fused-ring (bicyclic) bond motifs is 1. The Labute approximate surface area is 189 Å². The highest BCUT2D eigenvalue weighted by atomic mass is 32.1. The van der Waals surface area contributed by atoms with Crippen molar-refractivity contribution < 1.29 is 19.1 Å². The van der Waals surface area contributed by atoms with Crippen LogP contribution in [0.3, 0.4) is 0 Å². The molecule has 2 aromatic rings. The van der Waals surface area contributed by atoms with E-state index < -0.39 is 0 Å². The zero-order valence-corrected chi connectivity index (χ0v) is 19.8. The van der Waals surface area contributed by atoms with Gasteiger partial charge >= 0.3 is 5.97 Å². The highest BCUT2D eigenvalue weighted by Crippen LogP contribution is 2.40. The second-order valence-electron chi connectivity index (χ2n) is 8.37. The minimum atomic E-state index is -0.359. The van der Waals surface area contributed by atoms with E-state index in [1.165, 1.54) is 21.8 Å². The largest absolute Gasteiger partial charge is 0.484 e. The van der Waals surface area contributed by atoms with Crippen LogP contribution in [0.1, 0.15) is 79.2 Å². The van der Waals surface area contributed by atoms with Crippen LogP contribution in [-0.4, -0.2) is 25.1 Å². The van der Waals surface area contributed by atoms with Gasteiger partial charge in [0.15, 0.2) is 6.61 Å². The molecular formula is C25H33NO4S. The molecule has 1 N–H and O–H groups in total. The number of amides is 1. The lowest BCUT2D eigenvalue weighted by Crippen LogP contribution is -2.21. The molecule has 0 aliphatic heterocycles. The fourth-order valence-electron chi connectivity index (χ4n) is 4.06. The smallest absolute Gasteiger partial charge is 0.341 e. The van der Waals surface area contributed by atoms with Gasteiger partial charge in [-0.15, -0.1) is 11.3 Å². The Balaban J connectivity index is 1.65. The molecule has 0 saturated heterocycles. The fraction of sp³-hybridized carbons (Fsp3) is 0.520. The average Bonchev–Trinajstić information content (AvgIpc) is 3.09. The number of carbonyl (C=O) groups excluding carboxylic acids is 2. The van der Waals surface area contributed by atoms with E-state index in [0.29, 0.717) is 34.8 Å². The molecule has 0 fully saturated rings. The number of ether oxygens (including phenoxy) is 2. The summed E-state index contributed by atoms with van der Waals surface area (Å²) in [6.07, 6.45) is 5.12. The molecule has 0 spiro atoms. The van der Waals surface area contributed by atoms with Crippen molar-refractivity contribution in [2.75, 3.05) is 18.5 Å². The number of carbonyl (C=O) groups is 2. The number of hydrogen-bond acceptors (Lipinski definition) is 5. The van der Waals surface area contributed by atoms with Crippen LogP contribution in [0.25, 0.3) is 0 Å². The minimum absolute atomic E-state index is 0.106. The highest BCUT2D eigenvalue weighted by molar-refractivity contribution is 7.17. The Kier molecular flexibility index (Phi) is 8.13. The summed E-state index contributed by atoms with van der Waals surface area (Å²) in [6.45, 7) is 8.61. The zero-order valence-electron chi connectivity index (χ0n) is 19.0. The van der Waals surface area contributed by atoms with E-state index in [9.17, 15) is 9.59 Å². The van der Waals surface area contributed by atoms with E-state index in [2.05, 4.69) is 38.2 Å². The Morgan fingerprint density at radius 2 is 1.97 bits per heavy atom. The second kappa shape index (κ2) is 10.8. The maximum atomic E-state index is 12.6. The third-order valence-electron chi connectivity index (χ3n) is 5.78. The first-order chi connectivity index (χ1) is 14.9. The summed E-state index contributed by atoms with van der Waals surface area (Å²) in [6, 6.07) is 7.93. The van der Waals surface area contributed by atoms with Crippen LogP contribution >= 0.6 is 11.3 Å². The summed E-state index contributed by atoms with van der Waals surface area (Å²) in [5.41, 5.74) is 2.84. The lowest BCUT2D eigenvalue weighted by molar-refractivity contribution is -0.118. The van der Waals surface area contributed by atoms with Gasteiger partial charge in [0.25, 0.3) is 5.91 Å². The van der Waals surface area contributed by atoms with Crippen LogP contribution in [-0.2, 0) is 22.4 Å². The second-order valence-corrected chi connectivity index (χ2v) is 9.48. The van der Waals surface area contributed by atoms with Gasteiger partial charge in [-0.2, -0.15) is 0 Å². The molecule has 1 aliphatic carbocycles. The summed E-state index contributed by atoms with van der Waals surface area (Å²) in [7, 11) is 0. The van der Waals surface area contributed by atoms with Crippen molar-refractivity contribution in [3.8, 4) is 5.75 Å². The van der Waals surface area contributed by atoms with Crippen LogP contribution in [0.2, 0.25) is 0 Å². The van der Waals surface area contributed by atoms with E-state index in [-0.39, 0.29) is 18.5 Å². The van der Waals surface area contributed by atoms with Gasteiger partial charge in [0.1, 0.15) is 10.8 Å². The molecule has 1 aromatic carbocycles. The minimum Gasteiger partial charge on any atom is -0.484 e. The number of hydrogen-bond donors (Lipinski definition) is 1. The highest BCUT2D eigenvalue weighted by Gasteiger charge is 2.29. The van der Waals surface area contributed by atoms with Crippen LogP contribution in [0.4, 0.5) is 5.00 Å². The molecular weight excluding hydrogens is 410 g/mol. The molecule has 1 heterocycles. The summed E-state index contributed by atoms with van der Waals surface area (Å²) in [4.78, 5) is 26.3. The third kappa shape index (κ3) is 5.88. The number of benzene rings is 1. The molecule has 6 heteroatoms. The molecule has 1 aromatic heterocycles. The number of esters is 1. The summed E-state index contributed by atoms with van der Waals surface area (Å²) in [5, 5.41) is 3.47. The van der Waals surface area contributed by atoms with Crippen molar-refractivity contribution in [3.63, 3.8) is 0 Å². The molecule has 3 rings (SSSR count). The Hall–Kier alpha value is -2.34. The van der Waals surface area contributed by atoms with E-state index in [1.54, 1.807) is 6.92 Å². The summed E-state index contributed by atoms with van der Waals surface area (Å²) < 4.78 is 10.9. The molecule has 31 heavy (non-hydrogen) atoms. The van der Waals surface area contributed by atoms with Gasteiger partial charge in [-0.3, -0.25) is 4.79 Å². The molecule has 1 amide bonds. The van der Waals surface area contributed by atoms with Crippen molar-refractivity contribution in [3.05, 3.63) is 45.8 Å². The van der Waals surface area contributed by atoms with Gasteiger partial charge in [-0.05, 0) is 67.7 Å². The van der Waals surface area contributed by atoms with Crippen molar-refractivity contribution >= 4 is 28.2 Å². The maximum absolute atomic E-state index is 12.6. The van der Waals surface area contributed by atoms with Crippen molar-refractivity contribution in [1.82, 2.24) is 0 Å². The van der Waals surface area contributed by atoms with Crippen molar-refractivity contribution in [1.29, 1.82) is 0 Å². The monoisotopic (exact) mass is 443 g/mol.